The molecule has 2 aromatic rings. The number of hydrogen-bond acceptors (Lipinski definition) is 3. The molecule has 0 amide bonds. The van der Waals surface area contributed by atoms with Gasteiger partial charge in [-0.3, -0.25) is 0 Å². The average molecular weight is 200 g/mol. The van der Waals surface area contributed by atoms with E-state index in [4.69, 9.17) is 4.52 Å². The number of rotatable bonds is 2. The minimum atomic E-state index is 0.621. The van der Waals surface area contributed by atoms with Gasteiger partial charge in [0.05, 0.1) is 0 Å². The van der Waals surface area contributed by atoms with E-state index in [1.165, 1.54) is 18.4 Å². The zero-order valence-corrected chi connectivity index (χ0v) is 8.60. The standard InChI is InChI=1S/C12H12N2O/c1-8-13-12(14-15-8)11-5-3-2-4-10(11)9-6-7-9/h2-5,9H,6-7H2,1H3. The summed E-state index contributed by atoms with van der Waals surface area (Å²) in [6.07, 6.45) is 2.57. The molecule has 1 aliphatic carbocycles. The maximum atomic E-state index is 5.01. The second-order valence-corrected chi connectivity index (χ2v) is 4.00. The van der Waals surface area contributed by atoms with Crippen molar-refractivity contribution in [3.05, 3.63) is 35.7 Å². The lowest BCUT2D eigenvalue weighted by molar-refractivity contribution is 0.394. The minimum absolute atomic E-state index is 0.621. The molecule has 1 aliphatic rings. The Morgan fingerprint density at radius 3 is 2.73 bits per heavy atom. The summed E-state index contributed by atoms with van der Waals surface area (Å²) in [5.41, 5.74) is 2.48. The summed E-state index contributed by atoms with van der Waals surface area (Å²) in [5, 5.41) is 3.97. The predicted molar refractivity (Wildman–Crippen MR) is 56.4 cm³/mol. The van der Waals surface area contributed by atoms with Crippen molar-refractivity contribution in [1.82, 2.24) is 10.1 Å². The van der Waals surface area contributed by atoms with Crippen LogP contribution in [0.4, 0.5) is 0 Å². The molecular weight excluding hydrogens is 188 g/mol. The van der Waals surface area contributed by atoms with Gasteiger partial charge in [0.25, 0.3) is 0 Å². The molecule has 0 unspecified atom stereocenters. The molecule has 0 aliphatic heterocycles. The maximum Gasteiger partial charge on any atom is 0.223 e. The lowest BCUT2D eigenvalue weighted by Gasteiger charge is -2.03. The highest BCUT2D eigenvalue weighted by molar-refractivity contribution is 5.61. The highest BCUT2D eigenvalue weighted by Crippen LogP contribution is 2.43. The van der Waals surface area contributed by atoms with Crippen molar-refractivity contribution in [2.75, 3.05) is 0 Å². The Hall–Kier alpha value is -1.64. The predicted octanol–water partition coefficient (Wildman–Crippen LogP) is 2.92. The van der Waals surface area contributed by atoms with E-state index in [9.17, 15) is 0 Å². The van der Waals surface area contributed by atoms with Crippen LogP contribution in [0.5, 0.6) is 0 Å². The fourth-order valence-electron chi connectivity index (χ4n) is 1.86. The Labute approximate surface area is 88.1 Å². The number of aromatic nitrogens is 2. The fourth-order valence-corrected chi connectivity index (χ4v) is 1.86. The molecule has 1 aromatic heterocycles. The summed E-state index contributed by atoms with van der Waals surface area (Å²) < 4.78 is 5.01. The van der Waals surface area contributed by atoms with Crippen molar-refractivity contribution in [3.63, 3.8) is 0 Å². The van der Waals surface area contributed by atoms with Gasteiger partial charge in [-0.05, 0) is 24.3 Å². The Kier molecular flexibility index (Phi) is 1.84. The van der Waals surface area contributed by atoms with Gasteiger partial charge in [-0.2, -0.15) is 4.98 Å². The third-order valence-corrected chi connectivity index (χ3v) is 2.75. The molecule has 76 valence electrons. The maximum absolute atomic E-state index is 5.01. The average Bonchev–Trinajstić information content (AvgIpc) is 3.02. The molecule has 3 nitrogen and oxygen atoms in total. The van der Waals surface area contributed by atoms with E-state index in [0.29, 0.717) is 11.8 Å². The van der Waals surface area contributed by atoms with Gasteiger partial charge in [0, 0.05) is 12.5 Å². The molecule has 0 spiro atoms. The van der Waals surface area contributed by atoms with Crippen LogP contribution in [-0.2, 0) is 0 Å². The van der Waals surface area contributed by atoms with Crippen LogP contribution in [-0.4, -0.2) is 10.1 Å². The van der Waals surface area contributed by atoms with Gasteiger partial charge in [0.1, 0.15) is 0 Å². The van der Waals surface area contributed by atoms with Gasteiger partial charge < -0.3 is 4.52 Å². The van der Waals surface area contributed by atoms with Crippen molar-refractivity contribution in [1.29, 1.82) is 0 Å². The first kappa shape index (κ1) is 8.65. The van der Waals surface area contributed by atoms with Crippen molar-refractivity contribution >= 4 is 0 Å². The minimum Gasteiger partial charge on any atom is -0.339 e. The molecule has 3 heteroatoms. The van der Waals surface area contributed by atoms with Crippen LogP contribution in [0.1, 0.15) is 30.2 Å². The second kappa shape index (κ2) is 3.19. The van der Waals surface area contributed by atoms with Crippen molar-refractivity contribution in [2.45, 2.75) is 25.7 Å². The third-order valence-electron chi connectivity index (χ3n) is 2.75. The van der Waals surface area contributed by atoms with Gasteiger partial charge in [0.2, 0.25) is 11.7 Å². The number of benzene rings is 1. The van der Waals surface area contributed by atoms with E-state index in [2.05, 4.69) is 28.3 Å². The number of hydrogen-bond donors (Lipinski definition) is 0. The lowest BCUT2D eigenvalue weighted by Crippen LogP contribution is -1.88. The molecule has 1 heterocycles. The van der Waals surface area contributed by atoms with E-state index in [0.717, 1.165) is 11.4 Å². The highest BCUT2D eigenvalue weighted by atomic mass is 16.5. The Bertz CT molecular complexity index is 486. The molecule has 15 heavy (non-hydrogen) atoms. The number of nitrogens with zero attached hydrogens (tertiary/aromatic N) is 2. The first-order valence-corrected chi connectivity index (χ1v) is 5.24. The molecular formula is C12H12N2O. The largest absolute Gasteiger partial charge is 0.339 e. The lowest BCUT2D eigenvalue weighted by atomic mass is 10.0. The molecule has 0 bridgehead atoms. The molecule has 0 N–H and O–H groups in total. The SMILES string of the molecule is Cc1nc(-c2ccccc2C2CC2)no1. The zero-order chi connectivity index (χ0) is 10.3. The van der Waals surface area contributed by atoms with Gasteiger partial charge in [-0.15, -0.1) is 0 Å². The summed E-state index contributed by atoms with van der Waals surface area (Å²) >= 11 is 0. The van der Waals surface area contributed by atoms with E-state index in [1.54, 1.807) is 0 Å². The molecule has 0 radical (unpaired) electrons. The zero-order valence-electron chi connectivity index (χ0n) is 8.60. The van der Waals surface area contributed by atoms with E-state index >= 15 is 0 Å². The van der Waals surface area contributed by atoms with Gasteiger partial charge in [-0.1, -0.05) is 29.4 Å². The van der Waals surface area contributed by atoms with Crippen LogP contribution in [0.2, 0.25) is 0 Å². The van der Waals surface area contributed by atoms with Gasteiger partial charge >= 0.3 is 0 Å². The molecule has 1 saturated carbocycles. The summed E-state index contributed by atoms with van der Waals surface area (Å²) in [4.78, 5) is 4.27. The number of aryl methyl sites for hydroxylation is 1. The second-order valence-electron chi connectivity index (χ2n) is 4.00. The normalized spacial score (nSPS) is 15.5. The molecule has 0 atom stereocenters. The monoisotopic (exact) mass is 200 g/mol. The van der Waals surface area contributed by atoms with Gasteiger partial charge in [-0.25, -0.2) is 0 Å². The van der Waals surface area contributed by atoms with Crippen LogP contribution < -0.4 is 0 Å². The summed E-state index contributed by atoms with van der Waals surface area (Å²) in [7, 11) is 0. The van der Waals surface area contributed by atoms with E-state index in [1.807, 2.05) is 13.0 Å². The molecule has 1 aromatic carbocycles. The van der Waals surface area contributed by atoms with E-state index in [-0.39, 0.29) is 0 Å². The van der Waals surface area contributed by atoms with Crippen LogP contribution in [0.3, 0.4) is 0 Å². The third kappa shape index (κ3) is 1.54. The summed E-state index contributed by atoms with van der Waals surface area (Å²) in [6.45, 7) is 1.82. The highest BCUT2D eigenvalue weighted by Gasteiger charge is 2.27. The Morgan fingerprint density at radius 2 is 2.07 bits per heavy atom. The Morgan fingerprint density at radius 1 is 1.27 bits per heavy atom. The van der Waals surface area contributed by atoms with Crippen LogP contribution in [0, 0.1) is 6.92 Å². The smallest absolute Gasteiger partial charge is 0.223 e. The van der Waals surface area contributed by atoms with Crippen molar-refractivity contribution < 1.29 is 4.52 Å². The van der Waals surface area contributed by atoms with Crippen LogP contribution in [0.25, 0.3) is 11.4 Å². The topological polar surface area (TPSA) is 38.9 Å². The van der Waals surface area contributed by atoms with Crippen LogP contribution in [0.15, 0.2) is 28.8 Å². The van der Waals surface area contributed by atoms with Crippen molar-refractivity contribution in [2.24, 2.45) is 0 Å². The van der Waals surface area contributed by atoms with Gasteiger partial charge in [0.15, 0.2) is 0 Å². The Balaban J connectivity index is 2.10. The van der Waals surface area contributed by atoms with Crippen molar-refractivity contribution in [3.8, 4) is 11.4 Å². The molecule has 0 saturated heterocycles. The summed E-state index contributed by atoms with van der Waals surface area (Å²) in [5.74, 6) is 2.05. The first-order valence-electron chi connectivity index (χ1n) is 5.24. The first-order chi connectivity index (χ1) is 7.34. The summed E-state index contributed by atoms with van der Waals surface area (Å²) in [6, 6.07) is 8.33. The van der Waals surface area contributed by atoms with Crippen LogP contribution >= 0.6 is 0 Å². The molecule has 1 fully saturated rings. The van der Waals surface area contributed by atoms with E-state index < -0.39 is 0 Å². The molecule has 3 rings (SSSR count). The fraction of sp³-hybridized carbons (Fsp3) is 0.333. The quantitative estimate of drug-likeness (QED) is 0.748.